The first-order valence-electron chi connectivity index (χ1n) is 13.8. The van der Waals surface area contributed by atoms with Gasteiger partial charge in [-0.2, -0.15) is 9.83 Å². The van der Waals surface area contributed by atoms with Gasteiger partial charge in [0.05, 0.1) is 47.6 Å². The third-order valence-electron chi connectivity index (χ3n) is 7.29. The van der Waals surface area contributed by atoms with Crippen LogP contribution in [0, 0.1) is 11.3 Å². The van der Waals surface area contributed by atoms with Gasteiger partial charge >= 0.3 is 0 Å². The number of hydrogen-bond acceptors (Lipinski definition) is 10. The third kappa shape index (κ3) is 6.91. The van der Waals surface area contributed by atoms with Gasteiger partial charge in [-0.15, -0.1) is 0 Å². The first-order valence-corrected chi connectivity index (χ1v) is 18.1. The van der Waals surface area contributed by atoms with E-state index < -0.39 is 31.7 Å². The summed E-state index contributed by atoms with van der Waals surface area (Å²) >= 11 is 7.90. The van der Waals surface area contributed by atoms with Crippen molar-refractivity contribution in [1.82, 2.24) is 0 Å². The highest BCUT2D eigenvalue weighted by atomic mass is 35.5. The molecule has 1 aliphatic heterocycles. The molecule has 1 aromatic heterocycles. The number of nitriles is 1. The number of fused-ring (bicyclic) bond motifs is 4. The predicted octanol–water partition coefficient (Wildman–Crippen LogP) is 4.94. The van der Waals surface area contributed by atoms with Crippen LogP contribution in [0.25, 0.3) is 27.1 Å². The van der Waals surface area contributed by atoms with Crippen molar-refractivity contribution in [3.63, 3.8) is 0 Å². The van der Waals surface area contributed by atoms with Crippen LogP contribution in [-0.4, -0.2) is 50.5 Å². The summed E-state index contributed by atoms with van der Waals surface area (Å²) in [6.45, 7) is 3.04. The predicted molar refractivity (Wildman–Crippen MR) is 172 cm³/mol. The summed E-state index contributed by atoms with van der Waals surface area (Å²) in [5, 5.41) is 12.8. The SMILES string of the molecule is CCN1/C(=C\C=C\c2sc3ccc4ccccc4c3[n+]2CCCS(=O)(=O)[O-])N(CCCS(=O)(=O)[O-])c2cc(C#N)c(Cl)cc21. The van der Waals surface area contributed by atoms with Gasteiger partial charge in [-0.25, -0.2) is 16.8 Å². The maximum Gasteiger partial charge on any atom is 0.262 e. The average Bonchev–Trinajstić information content (AvgIpc) is 3.45. The molecule has 3 aromatic carbocycles. The van der Waals surface area contributed by atoms with Crippen molar-refractivity contribution in [3.05, 3.63) is 82.1 Å². The number of thiazole rings is 1. The summed E-state index contributed by atoms with van der Waals surface area (Å²) in [5.74, 6) is -0.286. The van der Waals surface area contributed by atoms with Crippen molar-refractivity contribution >= 4 is 81.6 Å². The van der Waals surface area contributed by atoms with Gasteiger partial charge < -0.3 is 18.9 Å². The maximum atomic E-state index is 11.3. The van der Waals surface area contributed by atoms with Crippen LogP contribution >= 0.6 is 22.9 Å². The standard InChI is InChI=1S/C30H29ClN4O6S3/c1-2-33-26-19-24(31)22(20-32)18-25(26)34(14-6-16-43(36,37)38)28(33)10-5-11-29-35(15-7-17-44(39,40)41)30-23-9-4-3-8-21(23)12-13-27(30)42-29/h3-5,8-13,18-19H,2,6-7,14-17H2,1H3,(H-,36,37,38,39,40,41)/p-1. The molecular weight excluding hydrogens is 644 g/mol. The molecule has 0 saturated heterocycles. The number of nitrogens with zero attached hydrogens (tertiary/aromatic N) is 4. The number of hydrogen-bond donors (Lipinski definition) is 0. The van der Waals surface area contributed by atoms with Crippen molar-refractivity contribution in [1.29, 1.82) is 5.26 Å². The number of rotatable bonds is 11. The molecule has 14 heteroatoms. The van der Waals surface area contributed by atoms with Crippen LogP contribution in [0.4, 0.5) is 11.4 Å². The molecule has 0 N–H and O–H groups in total. The van der Waals surface area contributed by atoms with Gasteiger partial charge in [-0.3, -0.25) is 0 Å². The number of allylic oxidation sites excluding steroid dienone is 2. The molecule has 0 aliphatic carbocycles. The summed E-state index contributed by atoms with van der Waals surface area (Å²) in [7, 11) is -8.77. The van der Waals surface area contributed by atoms with Gasteiger partial charge in [-0.05, 0) is 49.1 Å². The van der Waals surface area contributed by atoms with E-state index >= 15 is 0 Å². The van der Waals surface area contributed by atoms with Gasteiger partial charge in [0.2, 0.25) is 5.52 Å². The molecule has 230 valence electrons. The van der Waals surface area contributed by atoms with Gasteiger partial charge in [0.15, 0.2) is 6.54 Å². The van der Waals surface area contributed by atoms with E-state index in [-0.39, 0.29) is 24.9 Å². The van der Waals surface area contributed by atoms with E-state index in [1.165, 1.54) is 11.3 Å². The first kappa shape index (κ1) is 31.9. The molecular formula is C30H28ClN4O6S3-. The molecule has 0 atom stereocenters. The van der Waals surface area contributed by atoms with Crippen LogP contribution in [-0.2, 0) is 26.8 Å². The smallest absolute Gasteiger partial charge is 0.262 e. The lowest BCUT2D eigenvalue weighted by molar-refractivity contribution is -0.667. The van der Waals surface area contributed by atoms with E-state index in [4.69, 9.17) is 11.6 Å². The Labute approximate surface area is 265 Å². The lowest BCUT2D eigenvalue weighted by Gasteiger charge is -2.24. The highest BCUT2D eigenvalue weighted by molar-refractivity contribution is 7.85. The topological polar surface area (TPSA) is 149 Å². The summed E-state index contributed by atoms with van der Waals surface area (Å²) < 4.78 is 71.0. The minimum Gasteiger partial charge on any atom is -0.748 e. The molecule has 10 nitrogen and oxygen atoms in total. The normalized spacial score (nSPS) is 14.8. The molecule has 0 radical (unpaired) electrons. The Bertz CT molecular complexity index is 2070. The second-order valence-electron chi connectivity index (χ2n) is 10.2. The van der Waals surface area contributed by atoms with Crippen LogP contribution in [0.5, 0.6) is 0 Å². The summed E-state index contributed by atoms with van der Waals surface area (Å²) in [6.07, 6.45) is 5.86. The van der Waals surface area contributed by atoms with E-state index in [1.807, 2.05) is 75.9 Å². The fourth-order valence-corrected chi connectivity index (χ4v) is 7.73. The number of aromatic nitrogens is 1. The molecule has 4 aromatic rings. The van der Waals surface area contributed by atoms with Crippen molar-refractivity contribution in [3.8, 4) is 6.07 Å². The Morgan fingerprint density at radius 2 is 1.70 bits per heavy atom. The van der Waals surface area contributed by atoms with Crippen LogP contribution in [0.15, 0.2) is 66.5 Å². The molecule has 44 heavy (non-hydrogen) atoms. The van der Waals surface area contributed by atoms with E-state index in [9.17, 15) is 31.2 Å². The Hall–Kier alpha value is -3.51. The van der Waals surface area contributed by atoms with Crippen molar-refractivity contribution in [2.24, 2.45) is 0 Å². The third-order valence-corrected chi connectivity index (χ3v) is 10.3. The fourth-order valence-electron chi connectivity index (χ4n) is 5.44. The Morgan fingerprint density at radius 3 is 2.41 bits per heavy atom. The van der Waals surface area contributed by atoms with Crippen LogP contribution in [0.1, 0.15) is 30.3 Å². The van der Waals surface area contributed by atoms with Gasteiger partial charge in [0.1, 0.15) is 16.6 Å². The largest absolute Gasteiger partial charge is 0.748 e. The molecule has 0 spiro atoms. The minimum atomic E-state index is -4.41. The molecule has 0 saturated carbocycles. The number of anilines is 2. The summed E-state index contributed by atoms with van der Waals surface area (Å²) in [5.41, 5.74) is 2.66. The lowest BCUT2D eigenvalue weighted by atomic mass is 10.1. The van der Waals surface area contributed by atoms with Crippen LogP contribution < -0.4 is 14.4 Å². The first-order chi connectivity index (χ1) is 20.9. The van der Waals surface area contributed by atoms with Crippen molar-refractivity contribution in [2.45, 2.75) is 26.3 Å². The fraction of sp³-hybridized carbons (Fsp3) is 0.267. The monoisotopic (exact) mass is 671 g/mol. The minimum absolute atomic E-state index is 0.0837. The molecule has 1 aliphatic rings. The summed E-state index contributed by atoms with van der Waals surface area (Å²) in [4.78, 5) is 3.86. The van der Waals surface area contributed by atoms with E-state index in [1.54, 1.807) is 12.1 Å². The van der Waals surface area contributed by atoms with Gasteiger partial charge in [-0.1, -0.05) is 53.3 Å². The zero-order valence-corrected chi connectivity index (χ0v) is 26.8. The van der Waals surface area contributed by atoms with Gasteiger partial charge in [0, 0.05) is 37.1 Å². The van der Waals surface area contributed by atoms with Crippen LogP contribution in [0.2, 0.25) is 5.02 Å². The highest BCUT2D eigenvalue weighted by Crippen LogP contribution is 2.44. The zero-order valence-electron chi connectivity index (χ0n) is 23.6. The zero-order chi connectivity index (χ0) is 31.6. The molecule has 0 bridgehead atoms. The molecule has 2 heterocycles. The molecule has 0 unspecified atom stereocenters. The molecule has 0 fully saturated rings. The van der Waals surface area contributed by atoms with E-state index in [2.05, 4.69) is 6.07 Å². The van der Waals surface area contributed by atoms with E-state index in [0.717, 1.165) is 31.7 Å². The van der Waals surface area contributed by atoms with Crippen LogP contribution in [0.3, 0.4) is 0 Å². The summed E-state index contributed by atoms with van der Waals surface area (Å²) in [6, 6.07) is 17.4. The number of halogens is 1. The lowest BCUT2D eigenvalue weighted by Crippen LogP contribution is -2.36. The van der Waals surface area contributed by atoms with Crippen molar-refractivity contribution in [2.75, 3.05) is 34.4 Å². The second kappa shape index (κ2) is 12.8. The quantitative estimate of drug-likeness (QED) is 0.160. The molecule has 5 rings (SSSR count). The number of benzene rings is 3. The Balaban J connectivity index is 1.57. The van der Waals surface area contributed by atoms with Gasteiger partial charge in [0.25, 0.3) is 5.01 Å². The molecule has 0 amide bonds. The van der Waals surface area contributed by atoms with Crippen molar-refractivity contribution < 1.29 is 30.5 Å². The average molecular weight is 672 g/mol. The Kier molecular flexibility index (Phi) is 9.31. The second-order valence-corrected chi connectivity index (χ2v) is 14.7. The number of aryl methyl sites for hydroxylation is 1. The van der Waals surface area contributed by atoms with E-state index in [0.29, 0.717) is 29.6 Å². The Morgan fingerprint density at radius 1 is 1.00 bits per heavy atom. The highest BCUT2D eigenvalue weighted by Gasteiger charge is 2.31. The maximum absolute atomic E-state index is 11.3.